The summed E-state index contributed by atoms with van der Waals surface area (Å²) in [5.74, 6) is -0.671. The second kappa shape index (κ2) is 7.79. The van der Waals surface area contributed by atoms with Gasteiger partial charge in [0.05, 0.1) is 6.42 Å². The first-order valence-electron chi connectivity index (χ1n) is 4.40. The zero-order valence-electron chi connectivity index (χ0n) is 8.40. The van der Waals surface area contributed by atoms with Crippen LogP contribution in [0.4, 0.5) is 0 Å². The fourth-order valence-corrected chi connectivity index (χ4v) is 1.46. The molecule has 1 atom stereocenters. The van der Waals surface area contributed by atoms with Gasteiger partial charge in [0.15, 0.2) is 0 Å². The molecule has 2 nitrogen and oxygen atoms in total. The Hall–Kier alpha value is -0.580. The smallest absolute Gasteiger partial charge is 0.303 e. The van der Waals surface area contributed by atoms with Gasteiger partial charge >= 0.3 is 5.97 Å². The Labute approximate surface area is 98.5 Å². The lowest BCUT2D eigenvalue weighted by Crippen LogP contribution is -2.00. The van der Waals surface area contributed by atoms with Crippen molar-refractivity contribution in [1.29, 1.82) is 0 Å². The summed E-state index contributed by atoms with van der Waals surface area (Å²) >= 11 is 2.16. The van der Waals surface area contributed by atoms with Gasteiger partial charge in [0.1, 0.15) is 0 Å². The minimum atomic E-state index is -0.755. The van der Waals surface area contributed by atoms with E-state index in [9.17, 15) is 4.79 Å². The Bertz CT molecular complexity index is 264. The molecule has 0 spiro atoms. The monoisotopic (exact) mass is 306 g/mol. The van der Waals surface area contributed by atoms with Crippen LogP contribution in [0.15, 0.2) is 34.0 Å². The number of carbonyl (C=O) groups is 1. The van der Waals surface area contributed by atoms with Gasteiger partial charge in [-0.1, -0.05) is 59.4 Å². The maximum atomic E-state index is 10.3. The Balaban J connectivity index is 4.04. The Morgan fingerprint density at radius 2 is 2.21 bits per heavy atom. The highest BCUT2D eigenvalue weighted by Gasteiger charge is 2.01. The highest BCUT2D eigenvalue weighted by molar-refractivity contribution is 14.1. The van der Waals surface area contributed by atoms with Crippen molar-refractivity contribution in [3.63, 3.8) is 0 Å². The average Bonchev–Trinajstić information content (AvgIpc) is 2.02. The van der Waals surface area contributed by atoms with Crippen molar-refractivity contribution >= 4 is 28.6 Å². The summed E-state index contributed by atoms with van der Waals surface area (Å²) in [6.07, 6.45) is 7.95. The van der Waals surface area contributed by atoms with Gasteiger partial charge in [-0.25, -0.2) is 0 Å². The topological polar surface area (TPSA) is 37.3 Å². The maximum Gasteiger partial charge on any atom is 0.303 e. The largest absolute Gasteiger partial charge is 0.481 e. The van der Waals surface area contributed by atoms with Crippen LogP contribution in [-0.2, 0) is 4.79 Å². The highest BCUT2D eigenvalue weighted by atomic mass is 127. The molecule has 0 rings (SSSR count). The number of allylic oxidation sites excluding steroid dienone is 5. The van der Waals surface area contributed by atoms with Crippen molar-refractivity contribution < 1.29 is 9.90 Å². The van der Waals surface area contributed by atoms with Crippen LogP contribution >= 0.6 is 22.6 Å². The standard InChI is InChI=1S/C11H15IO2/c1-9(6-7-12)4-3-5-10(2)8-11(13)14/h3-7,10H,8H2,1-2H3,(H,13,14)/b5-3+,7-6+,9-4-/t10-/m1/s1. The van der Waals surface area contributed by atoms with E-state index in [1.54, 1.807) is 0 Å². The second-order valence-electron chi connectivity index (χ2n) is 3.16. The molecule has 3 heteroatoms. The minimum Gasteiger partial charge on any atom is -0.481 e. The van der Waals surface area contributed by atoms with Gasteiger partial charge in [0.25, 0.3) is 0 Å². The van der Waals surface area contributed by atoms with Gasteiger partial charge in [-0.2, -0.15) is 0 Å². The summed E-state index contributed by atoms with van der Waals surface area (Å²) in [6, 6.07) is 0. The van der Waals surface area contributed by atoms with Gasteiger partial charge in [-0.3, -0.25) is 4.79 Å². The number of carboxylic acids is 1. The molecule has 0 heterocycles. The molecule has 0 saturated carbocycles. The zero-order chi connectivity index (χ0) is 11.0. The maximum absolute atomic E-state index is 10.3. The van der Waals surface area contributed by atoms with Crippen LogP contribution in [0, 0.1) is 5.92 Å². The van der Waals surface area contributed by atoms with Crippen LogP contribution in [0.5, 0.6) is 0 Å². The van der Waals surface area contributed by atoms with Crippen LogP contribution in [0.1, 0.15) is 20.3 Å². The molecule has 0 aromatic rings. The number of rotatable bonds is 5. The molecule has 1 N–H and O–H groups in total. The zero-order valence-corrected chi connectivity index (χ0v) is 10.6. The van der Waals surface area contributed by atoms with E-state index in [-0.39, 0.29) is 12.3 Å². The fraction of sp³-hybridized carbons (Fsp3) is 0.364. The molecular weight excluding hydrogens is 291 g/mol. The molecule has 0 aromatic heterocycles. The van der Waals surface area contributed by atoms with Gasteiger partial charge in [0, 0.05) is 0 Å². The van der Waals surface area contributed by atoms with Crippen LogP contribution in [0.2, 0.25) is 0 Å². The molecule has 0 aliphatic heterocycles. The summed E-state index contributed by atoms with van der Waals surface area (Å²) < 4.78 is 1.94. The molecule has 78 valence electrons. The van der Waals surface area contributed by atoms with Gasteiger partial charge in [0.2, 0.25) is 0 Å². The number of carboxylic acid groups (broad SMARTS) is 1. The molecule has 0 saturated heterocycles. The van der Waals surface area contributed by atoms with E-state index >= 15 is 0 Å². The summed E-state index contributed by atoms with van der Waals surface area (Å²) in [7, 11) is 0. The predicted octanol–water partition coefficient (Wildman–Crippen LogP) is 3.55. The fourth-order valence-electron chi connectivity index (χ4n) is 0.895. The number of halogens is 1. The molecular formula is C11H15IO2. The predicted molar refractivity (Wildman–Crippen MR) is 67.5 cm³/mol. The second-order valence-corrected chi connectivity index (χ2v) is 3.88. The van der Waals surface area contributed by atoms with E-state index < -0.39 is 5.97 Å². The molecule has 14 heavy (non-hydrogen) atoms. The number of hydrogen-bond donors (Lipinski definition) is 1. The van der Waals surface area contributed by atoms with E-state index in [0.29, 0.717) is 0 Å². The first kappa shape index (κ1) is 13.4. The summed E-state index contributed by atoms with van der Waals surface area (Å²) in [4.78, 5) is 10.3. The minimum absolute atomic E-state index is 0.0835. The van der Waals surface area contributed by atoms with E-state index in [2.05, 4.69) is 22.6 Å². The van der Waals surface area contributed by atoms with Crippen LogP contribution in [0.3, 0.4) is 0 Å². The normalized spacial score (nSPS) is 15.2. The molecule has 0 amide bonds. The van der Waals surface area contributed by atoms with E-state index in [4.69, 9.17) is 5.11 Å². The van der Waals surface area contributed by atoms with Crippen LogP contribution in [0.25, 0.3) is 0 Å². The molecule has 0 aromatic carbocycles. The average molecular weight is 306 g/mol. The van der Waals surface area contributed by atoms with Crippen molar-refractivity contribution in [3.05, 3.63) is 34.0 Å². The van der Waals surface area contributed by atoms with Crippen molar-refractivity contribution in [2.75, 3.05) is 0 Å². The van der Waals surface area contributed by atoms with Gasteiger partial charge in [-0.15, -0.1) is 0 Å². The SMILES string of the molecule is CC(=C/C=C/[C@@H](C)CC(=O)O)/C=C/I. The Kier molecular flexibility index (Phi) is 7.47. The van der Waals surface area contributed by atoms with Gasteiger partial charge in [-0.05, 0) is 16.9 Å². The van der Waals surface area contributed by atoms with E-state index in [1.165, 1.54) is 0 Å². The molecule has 0 radical (unpaired) electrons. The molecule has 0 aliphatic rings. The third-order valence-corrected chi connectivity index (χ3v) is 1.98. The summed E-state index contributed by atoms with van der Waals surface area (Å²) in [5.41, 5.74) is 1.15. The van der Waals surface area contributed by atoms with Crippen LogP contribution < -0.4 is 0 Å². The lowest BCUT2D eigenvalue weighted by molar-refractivity contribution is -0.137. The van der Waals surface area contributed by atoms with Crippen molar-refractivity contribution in [1.82, 2.24) is 0 Å². The van der Waals surface area contributed by atoms with Gasteiger partial charge < -0.3 is 5.11 Å². The van der Waals surface area contributed by atoms with Crippen molar-refractivity contribution in [2.24, 2.45) is 5.92 Å². The van der Waals surface area contributed by atoms with Crippen molar-refractivity contribution in [3.8, 4) is 0 Å². The van der Waals surface area contributed by atoms with E-state index in [1.807, 2.05) is 42.2 Å². The molecule has 0 aliphatic carbocycles. The number of hydrogen-bond acceptors (Lipinski definition) is 1. The highest BCUT2D eigenvalue weighted by Crippen LogP contribution is 2.05. The van der Waals surface area contributed by atoms with Crippen LogP contribution in [-0.4, -0.2) is 11.1 Å². The Morgan fingerprint density at radius 3 is 2.71 bits per heavy atom. The lowest BCUT2D eigenvalue weighted by atomic mass is 10.1. The Morgan fingerprint density at radius 1 is 1.57 bits per heavy atom. The van der Waals surface area contributed by atoms with E-state index in [0.717, 1.165) is 5.57 Å². The first-order valence-corrected chi connectivity index (χ1v) is 5.64. The quantitative estimate of drug-likeness (QED) is 0.623. The third-order valence-electron chi connectivity index (χ3n) is 1.62. The number of aliphatic carboxylic acids is 1. The molecule has 0 unspecified atom stereocenters. The lowest BCUT2D eigenvalue weighted by Gasteiger charge is -1.99. The van der Waals surface area contributed by atoms with Crippen molar-refractivity contribution in [2.45, 2.75) is 20.3 Å². The summed E-state index contributed by atoms with van der Waals surface area (Å²) in [5, 5.41) is 8.52. The third kappa shape index (κ3) is 8.04. The molecule has 0 fully saturated rings. The first-order chi connectivity index (χ1) is 6.56. The summed E-state index contributed by atoms with van der Waals surface area (Å²) in [6.45, 7) is 3.89. The molecule has 0 bridgehead atoms.